The Kier molecular flexibility index (Phi) is 3.07. The second-order valence-corrected chi connectivity index (χ2v) is 4.24. The summed E-state index contributed by atoms with van der Waals surface area (Å²) in [5.41, 5.74) is 6.71. The maximum absolute atomic E-state index is 13.7. The van der Waals surface area contributed by atoms with E-state index in [2.05, 4.69) is 4.98 Å². The molecule has 0 saturated carbocycles. The second-order valence-electron chi connectivity index (χ2n) is 3.80. The average Bonchev–Trinajstić information content (AvgIpc) is 2.59. The van der Waals surface area contributed by atoms with Gasteiger partial charge in [-0.05, 0) is 18.2 Å². The number of nitrogens with two attached hydrogens (primary N) is 1. The van der Waals surface area contributed by atoms with Gasteiger partial charge in [0.25, 0.3) is 0 Å². The largest absolute Gasteiger partial charge is 0.383 e. The summed E-state index contributed by atoms with van der Waals surface area (Å²) in [4.78, 5) is 4.34. The first kappa shape index (κ1) is 11.9. The number of aryl methyl sites for hydroxylation is 1. The third-order valence-electron chi connectivity index (χ3n) is 2.73. The van der Waals surface area contributed by atoms with Crippen LogP contribution in [0.4, 0.5) is 10.2 Å². The van der Waals surface area contributed by atoms with Crippen LogP contribution in [-0.4, -0.2) is 9.55 Å². The van der Waals surface area contributed by atoms with Crippen LogP contribution in [0.25, 0.3) is 11.3 Å². The van der Waals surface area contributed by atoms with E-state index in [4.69, 9.17) is 17.3 Å². The van der Waals surface area contributed by atoms with Crippen molar-refractivity contribution in [1.82, 2.24) is 9.55 Å². The maximum atomic E-state index is 13.7. The summed E-state index contributed by atoms with van der Waals surface area (Å²) >= 11 is 5.86. The van der Waals surface area contributed by atoms with E-state index in [1.807, 2.05) is 14.0 Å². The Morgan fingerprint density at radius 3 is 2.76 bits per heavy atom. The number of nitrogens with zero attached hydrogens (tertiary/aromatic N) is 2. The molecule has 0 fully saturated rings. The number of rotatable bonds is 2. The highest BCUT2D eigenvalue weighted by Gasteiger charge is 2.16. The van der Waals surface area contributed by atoms with Crippen LogP contribution in [0.1, 0.15) is 12.7 Å². The molecule has 90 valence electrons. The number of hydrogen-bond donors (Lipinski definition) is 1. The molecule has 0 aliphatic heterocycles. The highest BCUT2D eigenvalue weighted by molar-refractivity contribution is 6.30. The van der Waals surface area contributed by atoms with Gasteiger partial charge < -0.3 is 10.3 Å². The fourth-order valence-corrected chi connectivity index (χ4v) is 1.92. The molecule has 2 rings (SSSR count). The van der Waals surface area contributed by atoms with Crippen molar-refractivity contribution < 1.29 is 4.39 Å². The smallest absolute Gasteiger partial charge is 0.132 e. The van der Waals surface area contributed by atoms with Crippen LogP contribution in [-0.2, 0) is 13.5 Å². The van der Waals surface area contributed by atoms with Gasteiger partial charge in [0, 0.05) is 24.1 Å². The molecule has 17 heavy (non-hydrogen) atoms. The van der Waals surface area contributed by atoms with Crippen LogP contribution in [0.5, 0.6) is 0 Å². The molecule has 3 nitrogen and oxygen atoms in total. The Hall–Kier alpha value is -1.55. The first-order valence-corrected chi connectivity index (χ1v) is 5.68. The average molecular weight is 254 g/mol. The monoisotopic (exact) mass is 253 g/mol. The maximum Gasteiger partial charge on any atom is 0.132 e. The molecule has 0 saturated heterocycles. The number of anilines is 1. The van der Waals surface area contributed by atoms with Crippen LogP contribution in [0.3, 0.4) is 0 Å². The van der Waals surface area contributed by atoms with E-state index in [0.717, 1.165) is 12.2 Å². The molecule has 0 spiro atoms. The van der Waals surface area contributed by atoms with Crippen molar-refractivity contribution in [3.63, 3.8) is 0 Å². The summed E-state index contributed by atoms with van der Waals surface area (Å²) in [6, 6.07) is 4.35. The van der Waals surface area contributed by atoms with Crippen molar-refractivity contribution in [3.8, 4) is 11.3 Å². The van der Waals surface area contributed by atoms with Gasteiger partial charge in [-0.1, -0.05) is 18.5 Å². The van der Waals surface area contributed by atoms with Crippen molar-refractivity contribution in [2.75, 3.05) is 5.73 Å². The Labute approximate surface area is 104 Å². The van der Waals surface area contributed by atoms with Gasteiger partial charge in [0.15, 0.2) is 0 Å². The predicted molar refractivity (Wildman–Crippen MR) is 67.4 cm³/mol. The van der Waals surface area contributed by atoms with E-state index in [1.54, 1.807) is 4.57 Å². The van der Waals surface area contributed by atoms with Gasteiger partial charge in [-0.15, -0.1) is 0 Å². The quantitative estimate of drug-likeness (QED) is 0.894. The van der Waals surface area contributed by atoms with E-state index in [0.29, 0.717) is 22.1 Å². The van der Waals surface area contributed by atoms with Crippen molar-refractivity contribution >= 4 is 17.4 Å². The molecule has 0 aliphatic rings. The normalized spacial score (nSPS) is 10.8. The molecule has 1 heterocycles. The molecule has 0 unspecified atom stereocenters. The Bertz CT molecular complexity index is 563. The standard InChI is InChI=1S/C12H13ClFN3/c1-3-10-16-11(12(15)17(10)2)8-6-7(13)4-5-9(8)14/h4-6H,3,15H2,1-2H3. The Morgan fingerprint density at radius 2 is 2.18 bits per heavy atom. The number of halogens is 2. The fourth-order valence-electron chi connectivity index (χ4n) is 1.75. The summed E-state index contributed by atoms with van der Waals surface area (Å²) in [5, 5.41) is 0.463. The van der Waals surface area contributed by atoms with Crippen molar-refractivity contribution in [2.24, 2.45) is 7.05 Å². The minimum Gasteiger partial charge on any atom is -0.383 e. The summed E-state index contributed by atoms with van der Waals surface area (Å²) in [6.45, 7) is 1.97. The molecule has 0 atom stereocenters. The third kappa shape index (κ3) is 2.00. The Morgan fingerprint density at radius 1 is 1.47 bits per heavy atom. The molecule has 0 radical (unpaired) electrons. The lowest BCUT2D eigenvalue weighted by Crippen LogP contribution is -2.00. The zero-order valence-corrected chi connectivity index (χ0v) is 10.4. The number of nitrogen functional groups attached to an aromatic ring is 1. The summed E-state index contributed by atoms with van der Waals surface area (Å²) in [6.07, 6.45) is 0.739. The van der Waals surface area contributed by atoms with Gasteiger partial charge >= 0.3 is 0 Å². The summed E-state index contributed by atoms with van der Waals surface area (Å²) in [7, 11) is 1.81. The van der Waals surface area contributed by atoms with Gasteiger partial charge in [-0.2, -0.15) is 0 Å². The molecule has 0 amide bonds. The first-order valence-electron chi connectivity index (χ1n) is 5.31. The summed E-state index contributed by atoms with van der Waals surface area (Å²) in [5.74, 6) is 0.891. The van der Waals surface area contributed by atoms with Crippen molar-refractivity contribution in [3.05, 3.63) is 34.9 Å². The lowest BCUT2D eigenvalue weighted by molar-refractivity contribution is 0.631. The SMILES string of the molecule is CCc1nc(-c2cc(Cl)ccc2F)c(N)n1C. The number of hydrogen-bond acceptors (Lipinski definition) is 2. The molecule has 0 aliphatic carbocycles. The van der Waals surface area contributed by atoms with Crippen LogP contribution in [0, 0.1) is 5.82 Å². The minimum atomic E-state index is -0.373. The van der Waals surface area contributed by atoms with Crippen LogP contribution in [0.15, 0.2) is 18.2 Å². The van der Waals surface area contributed by atoms with E-state index >= 15 is 0 Å². The number of benzene rings is 1. The van der Waals surface area contributed by atoms with Gasteiger partial charge in [-0.25, -0.2) is 9.37 Å². The Balaban J connectivity index is 2.64. The molecule has 1 aromatic carbocycles. The molecule has 0 bridgehead atoms. The van der Waals surface area contributed by atoms with Gasteiger partial charge in [0.2, 0.25) is 0 Å². The molecule has 2 N–H and O–H groups in total. The third-order valence-corrected chi connectivity index (χ3v) is 2.97. The van der Waals surface area contributed by atoms with Gasteiger partial charge in [-0.3, -0.25) is 0 Å². The van der Waals surface area contributed by atoms with Crippen LogP contribution < -0.4 is 5.73 Å². The topological polar surface area (TPSA) is 43.8 Å². The van der Waals surface area contributed by atoms with Crippen LogP contribution >= 0.6 is 11.6 Å². The van der Waals surface area contributed by atoms with Gasteiger partial charge in [0.1, 0.15) is 23.2 Å². The molecule has 5 heteroatoms. The van der Waals surface area contributed by atoms with E-state index in [1.165, 1.54) is 18.2 Å². The van der Waals surface area contributed by atoms with E-state index in [9.17, 15) is 4.39 Å². The van der Waals surface area contributed by atoms with Crippen molar-refractivity contribution in [1.29, 1.82) is 0 Å². The highest BCUT2D eigenvalue weighted by Crippen LogP contribution is 2.30. The fraction of sp³-hybridized carbons (Fsp3) is 0.250. The second kappa shape index (κ2) is 4.37. The summed E-state index contributed by atoms with van der Waals surface area (Å²) < 4.78 is 15.5. The molecule has 2 aromatic rings. The zero-order valence-electron chi connectivity index (χ0n) is 9.67. The molecular weight excluding hydrogens is 241 g/mol. The predicted octanol–water partition coefficient (Wildman–Crippen LogP) is 3.02. The molecular formula is C12H13ClFN3. The number of aromatic nitrogens is 2. The lowest BCUT2D eigenvalue weighted by Gasteiger charge is -2.02. The van der Waals surface area contributed by atoms with Gasteiger partial charge in [0.05, 0.1) is 0 Å². The highest BCUT2D eigenvalue weighted by atomic mass is 35.5. The zero-order chi connectivity index (χ0) is 12.6. The first-order chi connectivity index (χ1) is 8.04. The lowest BCUT2D eigenvalue weighted by atomic mass is 10.1. The van der Waals surface area contributed by atoms with Crippen molar-refractivity contribution in [2.45, 2.75) is 13.3 Å². The van der Waals surface area contributed by atoms with Crippen LogP contribution in [0.2, 0.25) is 5.02 Å². The minimum absolute atomic E-state index is 0.338. The molecule has 1 aromatic heterocycles. The van der Waals surface area contributed by atoms with E-state index < -0.39 is 0 Å². The number of imidazole rings is 1. The van der Waals surface area contributed by atoms with E-state index in [-0.39, 0.29) is 5.82 Å².